The first-order chi connectivity index (χ1) is 7.67. The summed E-state index contributed by atoms with van der Waals surface area (Å²) in [7, 11) is 0. The van der Waals surface area contributed by atoms with E-state index in [1.807, 2.05) is 0 Å². The predicted octanol–water partition coefficient (Wildman–Crippen LogP) is -0.708. The number of nitrogens with zero attached hydrogens (tertiary/aromatic N) is 2. The number of hydrogen-bond acceptors (Lipinski definition) is 5. The van der Waals surface area contributed by atoms with Crippen LogP contribution in [0.4, 0.5) is 4.79 Å². The zero-order valence-electron chi connectivity index (χ0n) is 8.49. The summed E-state index contributed by atoms with van der Waals surface area (Å²) >= 11 is 0. The van der Waals surface area contributed by atoms with Gasteiger partial charge in [0.15, 0.2) is 5.70 Å². The van der Waals surface area contributed by atoms with Crippen molar-refractivity contribution in [2.45, 2.75) is 12.5 Å². The van der Waals surface area contributed by atoms with E-state index in [2.05, 4.69) is 10.6 Å². The summed E-state index contributed by atoms with van der Waals surface area (Å²) in [5.74, 6) is 0. The lowest BCUT2D eigenvalue weighted by Gasteiger charge is -2.11. The molecule has 16 heavy (non-hydrogen) atoms. The first-order valence-corrected chi connectivity index (χ1v) is 4.62. The van der Waals surface area contributed by atoms with Crippen molar-refractivity contribution < 1.29 is 9.53 Å². The van der Waals surface area contributed by atoms with Crippen molar-refractivity contribution in [3.63, 3.8) is 0 Å². The fourth-order valence-corrected chi connectivity index (χ4v) is 1.19. The Morgan fingerprint density at radius 2 is 2.19 bits per heavy atom. The molecule has 7 heteroatoms. The van der Waals surface area contributed by atoms with Gasteiger partial charge in [0, 0.05) is 6.61 Å². The zero-order valence-corrected chi connectivity index (χ0v) is 8.49. The largest absolute Gasteiger partial charge is 0.388 e. The molecule has 2 amide bonds. The van der Waals surface area contributed by atoms with Gasteiger partial charge in [0.05, 0.1) is 12.6 Å². The van der Waals surface area contributed by atoms with Gasteiger partial charge in [0.1, 0.15) is 17.8 Å². The molecule has 0 spiro atoms. The first kappa shape index (κ1) is 11.8. The van der Waals surface area contributed by atoms with Crippen LogP contribution in [-0.2, 0) is 4.74 Å². The molecular weight excluding hydrogens is 210 g/mol. The zero-order chi connectivity index (χ0) is 12.0. The maximum Gasteiger partial charge on any atom is 0.320 e. The molecule has 0 bridgehead atoms. The maximum atomic E-state index is 11.4. The number of urea groups is 1. The molecule has 1 aliphatic rings. The van der Waals surface area contributed by atoms with Crippen molar-refractivity contribution in [1.82, 2.24) is 10.6 Å². The number of nitrogens with two attached hydrogens (primary N) is 1. The van der Waals surface area contributed by atoms with Crippen molar-refractivity contribution in [2.75, 3.05) is 13.2 Å². The maximum absolute atomic E-state index is 11.4. The topological polar surface area (TPSA) is 124 Å². The first-order valence-electron chi connectivity index (χ1n) is 4.62. The Kier molecular flexibility index (Phi) is 4.13. The number of rotatable bonds is 2. The molecule has 1 heterocycles. The lowest BCUT2D eigenvalue weighted by molar-refractivity contribution is 0.189. The third-order valence-corrected chi connectivity index (χ3v) is 2.01. The van der Waals surface area contributed by atoms with E-state index >= 15 is 0 Å². The average Bonchev–Trinajstić information content (AvgIpc) is 2.77. The quantitative estimate of drug-likeness (QED) is 0.531. The molecular formula is C9H11N5O2. The van der Waals surface area contributed by atoms with Gasteiger partial charge in [-0.25, -0.2) is 4.79 Å². The van der Waals surface area contributed by atoms with Crippen LogP contribution < -0.4 is 16.4 Å². The monoisotopic (exact) mass is 221 g/mol. The Labute approximate surface area is 92.5 Å². The summed E-state index contributed by atoms with van der Waals surface area (Å²) in [6, 6.07) is 2.59. The Balaban J connectivity index is 2.51. The van der Waals surface area contributed by atoms with Crippen LogP contribution in [0, 0.1) is 22.7 Å². The van der Waals surface area contributed by atoms with E-state index in [0.717, 1.165) is 6.42 Å². The normalized spacial score (nSPS) is 20.2. The molecule has 0 unspecified atom stereocenters. The third kappa shape index (κ3) is 3.15. The van der Waals surface area contributed by atoms with Crippen LogP contribution in [-0.4, -0.2) is 25.3 Å². The summed E-state index contributed by atoms with van der Waals surface area (Å²) in [6.07, 6.45) is 0.729. The number of carbonyl (C=O) groups excluding carboxylic acids is 1. The molecule has 0 aromatic rings. The second-order valence-electron chi connectivity index (χ2n) is 3.17. The van der Waals surface area contributed by atoms with Crippen molar-refractivity contribution in [3.05, 3.63) is 11.4 Å². The molecule has 0 aromatic heterocycles. The summed E-state index contributed by atoms with van der Waals surface area (Å²) in [5.41, 5.74) is 4.64. The highest BCUT2D eigenvalue weighted by atomic mass is 16.5. The lowest BCUT2D eigenvalue weighted by atomic mass is 10.3. The summed E-state index contributed by atoms with van der Waals surface area (Å²) in [6.45, 7) is 1.05. The number of hydrogen-bond donors (Lipinski definition) is 3. The fourth-order valence-electron chi connectivity index (χ4n) is 1.19. The lowest BCUT2D eigenvalue weighted by Crippen LogP contribution is -2.42. The molecule has 7 nitrogen and oxygen atoms in total. The number of carbonyl (C=O) groups is 1. The van der Waals surface area contributed by atoms with Crippen molar-refractivity contribution in [3.8, 4) is 12.1 Å². The third-order valence-electron chi connectivity index (χ3n) is 2.01. The highest BCUT2D eigenvalue weighted by molar-refractivity contribution is 5.77. The fraction of sp³-hybridized carbons (Fsp3) is 0.444. The van der Waals surface area contributed by atoms with E-state index in [-0.39, 0.29) is 17.4 Å². The van der Waals surface area contributed by atoms with Gasteiger partial charge in [0.2, 0.25) is 0 Å². The minimum absolute atomic E-state index is 0.0664. The summed E-state index contributed by atoms with van der Waals surface area (Å²) in [4.78, 5) is 11.4. The van der Waals surface area contributed by atoms with Gasteiger partial charge >= 0.3 is 6.03 Å². The predicted molar refractivity (Wildman–Crippen MR) is 53.3 cm³/mol. The van der Waals surface area contributed by atoms with E-state index in [0.29, 0.717) is 13.2 Å². The van der Waals surface area contributed by atoms with Gasteiger partial charge in [-0.3, -0.25) is 5.32 Å². The molecule has 4 N–H and O–H groups in total. The Morgan fingerprint density at radius 3 is 2.69 bits per heavy atom. The number of nitrogens with one attached hydrogen (secondary N) is 2. The van der Waals surface area contributed by atoms with Crippen molar-refractivity contribution in [1.29, 1.82) is 10.5 Å². The minimum Gasteiger partial charge on any atom is -0.388 e. The van der Waals surface area contributed by atoms with Gasteiger partial charge in [-0.1, -0.05) is 0 Å². The summed E-state index contributed by atoms with van der Waals surface area (Å²) < 4.78 is 5.06. The van der Waals surface area contributed by atoms with Crippen LogP contribution in [0.3, 0.4) is 0 Å². The van der Waals surface area contributed by atoms with E-state index in [1.165, 1.54) is 0 Å². The Morgan fingerprint density at radius 1 is 1.44 bits per heavy atom. The highest BCUT2D eigenvalue weighted by Crippen LogP contribution is 2.03. The molecule has 1 fully saturated rings. The van der Waals surface area contributed by atoms with Gasteiger partial charge in [0.25, 0.3) is 0 Å². The van der Waals surface area contributed by atoms with Gasteiger partial charge < -0.3 is 15.8 Å². The molecule has 0 saturated carbocycles. The number of nitriles is 2. The molecule has 1 rings (SSSR count). The van der Waals surface area contributed by atoms with Crippen LogP contribution in [0.25, 0.3) is 0 Å². The number of ether oxygens (including phenoxy) is 1. The average molecular weight is 221 g/mol. The van der Waals surface area contributed by atoms with Gasteiger partial charge in [-0.05, 0) is 6.42 Å². The minimum atomic E-state index is -0.565. The van der Waals surface area contributed by atoms with Gasteiger partial charge in [-0.15, -0.1) is 0 Å². The molecule has 0 radical (unpaired) electrons. The van der Waals surface area contributed by atoms with E-state index in [9.17, 15) is 4.79 Å². The molecule has 84 valence electrons. The second-order valence-corrected chi connectivity index (χ2v) is 3.17. The standard InChI is InChI=1S/C9H11N5O2/c10-3-7(12)8(4-11)14-9(15)13-6-1-2-16-5-6/h6H,1-2,5,12H2,(H2,13,14,15)/b8-7-/t6-/m0/s1. The molecule has 1 atom stereocenters. The van der Waals surface area contributed by atoms with E-state index < -0.39 is 6.03 Å². The Hall–Kier alpha value is -2.25. The van der Waals surface area contributed by atoms with Crippen LogP contribution >= 0.6 is 0 Å². The van der Waals surface area contributed by atoms with E-state index in [4.69, 9.17) is 21.0 Å². The van der Waals surface area contributed by atoms with E-state index in [1.54, 1.807) is 12.1 Å². The van der Waals surface area contributed by atoms with Crippen molar-refractivity contribution >= 4 is 6.03 Å². The second kappa shape index (κ2) is 5.59. The Bertz CT molecular complexity index is 384. The summed E-state index contributed by atoms with van der Waals surface area (Å²) in [5, 5.41) is 21.9. The van der Waals surface area contributed by atoms with Crippen LogP contribution in [0.15, 0.2) is 11.4 Å². The van der Waals surface area contributed by atoms with Crippen LogP contribution in [0.1, 0.15) is 6.42 Å². The molecule has 0 aliphatic carbocycles. The van der Waals surface area contributed by atoms with Gasteiger partial charge in [-0.2, -0.15) is 10.5 Å². The number of amides is 2. The van der Waals surface area contributed by atoms with Crippen LogP contribution in [0.5, 0.6) is 0 Å². The molecule has 1 aliphatic heterocycles. The molecule has 0 aromatic carbocycles. The van der Waals surface area contributed by atoms with Crippen LogP contribution in [0.2, 0.25) is 0 Å². The SMILES string of the molecule is N#C/C(N)=C(\C#N)NC(=O)N[C@H]1CCOC1. The van der Waals surface area contributed by atoms with Crippen molar-refractivity contribution in [2.24, 2.45) is 5.73 Å². The smallest absolute Gasteiger partial charge is 0.320 e. The highest BCUT2D eigenvalue weighted by Gasteiger charge is 2.18. The number of allylic oxidation sites excluding steroid dienone is 2. The molecule has 1 saturated heterocycles.